The highest BCUT2D eigenvalue weighted by atomic mass is 32.2. The van der Waals surface area contributed by atoms with Gasteiger partial charge in [0.1, 0.15) is 0 Å². The zero-order valence-electron chi connectivity index (χ0n) is 8.10. The lowest BCUT2D eigenvalue weighted by Gasteiger charge is -2.02. The van der Waals surface area contributed by atoms with Crippen molar-refractivity contribution in [1.82, 2.24) is 0 Å². The molecule has 1 amide bonds. The van der Waals surface area contributed by atoms with Crippen LogP contribution in [0.15, 0.2) is 18.2 Å². The number of carbonyl (C=O) groups is 1. The van der Waals surface area contributed by atoms with Crippen molar-refractivity contribution in [2.75, 3.05) is 6.26 Å². The van der Waals surface area contributed by atoms with E-state index in [1.165, 1.54) is 23.9 Å². The van der Waals surface area contributed by atoms with Crippen LogP contribution in [0.5, 0.6) is 0 Å². The van der Waals surface area contributed by atoms with Crippen LogP contribution in [0.1, 0.15) is 15.9 Å². The molecule has 5 nitrogen and oxygen atoms in total. The van der Waals surface area contributed by atoms with Crippen molar-refractivity contribution < 1.29 is 9.72 Å². The van der Waals surface area contributed by atoms with Gasteiger partial charge >= 0.3 is 0 Å². The van der Waals surface area contributed by atoms with Crippen molar-refractivity contribution in [3.63, 3.8) is 0 Å². The SMILES string of the molecule is CSCc1ccc(C(N)=O)cc1[N+](=O)[O-]. The maximum Gasteiger partial charge on any atom is 0.274 e. The molecule has 0 aromatic heterocycles. The van der Waals surface area contributed by atoms with Crippen molar-refractivity contribution in [2.24, 2.45) is 5.73 Å². The minimum atomic E-state index is -0.659. The number of benzene rings is 1. The number of thioether (sulfide) groups is 1. The summed E-state index contributed by atoms with van der Waals surface area (Å²) in [6.07, 6.45) is 1.85. The Hall–Kier alpha value is -1.56. The Morgan fingerprint density at radius 2 is 2.27 bits per heavy atom. The lowest BCUT2D eigenvalue weighted by Crippen LogP contribution is -2.11. The molecule has 0 unspecified atom stereocenters. The van der Waals surface area contributed by atoms with Gasteiger partial charge in [-0.15, -0.1) is 0 Å². The van der Waals surface area contributed by atoms with Crippen molar-refractivity contribution in [3.8, 4) is 0 Å². The molecular weight excluding hydrogens is 216 g/mol. The molecule has 0 bridgehead atoms. The molecule has 1 aromatic rings. The second-order valence-electron chi connectivity index (χ2n) is 2.90. The summed E-state index contributed by atoms with van der Waals surface area (Å²) in [7, 11) is 0. The van der Waals surface area contributed by atoms with Crippen LogP contribution >= 0.6 is 11.8 Å². The minimum absolute atomic E-state index is 0.0550. The van der Waals surface area contributed by atoms with Gasteiger partial charge in [-0.05, 0) is 12.3 Å². The molecule has 6 heteroatoms. The summed E-state index contributed by atoms with van der Waals surface area (Å²) in [5.41, 5.74) is 5.74. The fourth-order valence-corrected chi connectivity index (χ4v) is 1.72. The number of rotatable bonds is 4. The molecule has 1 aromatic carbocycles. The number of hydrogen-bond donors (Lipinski definition) is 1. The van der Waals surface area contributed by atoms with E-state index in [1.54, 1.807) is 6.07 Å². The van der Waals surface area contributed by atoms with E-state index in [0.717, 1.165) is 0 Å². The maximum atomic E-state index is 10.8. The van der Waals surface area contributed by atoms with Crippen LogP contribution in [-0.2, 0) is 5.75 Å². The van der Waals surface area contributed by atoms with Gasteiger partial charge in [0, 0.05) is 22.9 Å². The van der Waals surface area contributed by atoms with E-state index in [-0.39, 0.29) is 11.3 Å². The highest BCUT2D eigenvalue weighted by Crippen LogP contribution is 2.23. The van der Waals surface area contributed by atoms with E-state index < -0.39 is 10.8 Å². The Kier molecular flexibility index (Phi) is 3.68. The van der Waals surface area contributed by atoms with E-state index >= 15 is 0 Å². The van der Waals surface area contributed by atoms with Gasteiger partial charge in [-0.1, -0.05) is 6.07 Å². The van der Waals surface area contributed by atoms with Gasteiger partial charge < -0.3 is 5.73 Å². The summed E-state index contributed by atoms with van der Waals surface area (Å²) in [4.78, 5) is 21.1. The van der Waals surface area contributed by atoms with Crippen LogP contribution in [0.2, 0.25) is 0 Å². The third-order valence-electron chi connectivity index (χ3n) is 1.87. The number of nitro groups is 1. The average molecular weight is 226 g/mol. The molecule has 0 fully saturated rings. The average Bonchev–Trinajstić information content (AvgIpc) is 2.18. The normalized spacial score (nSPS) is 9.93. The number of nitrogens with zero attached hydrogens (tertiary/aromatic N) is 1. The zero-order chi connectivity index (χ0) is 11.4. The van der Waals surface area contributed by atoms with Gasteiger partial charge in [0.15, 0.2) is 0 Å². The van der Waals surface area contributed by atoms with Gasteiger partial charge in [0.05, 0.1) is 4.92 Å². The van der Waals surface area contributed by atoms with Crippen molar-refractivity contribution in [3.05, 3.63) is 39.4 Å². The molecule has 0 aliphatic carbocycles. The van der Waals surface area contributed by atoms with Gasteiger partial charge in [0.2, 0.25) is 5.91 Å². The number of primary amides is 1. The minimum Gasteiger partial charge on any atom is -0.366 e. The predicted molar refractivity (Wildman–Crippen MR) is 58.8 cm³/mol. The molecule has 0 aliphatic heterocycles. The Labute approximate surface area is 90.8 Å². The van der Waals surface area contributed by atoms with Gasteiger partial charge in [-0.3, -0.25) is 14.9 Å². The molecule has 0 saturated heterocycles. The van der Waals surface area contributed by atoms with Gasteiger partial charge in [-0.2, -0.15) is 11.8 Å². The van der Waals surface area contributed by atoms with Gasteiger partial charge in [-0.25, -0.2) is 0 Å². The van der Waals surface area contributed by atoms with E-state index in [4.69, 9.17) is 5.73 Å². The van der Waals surface area contributed by atoms with E-state index in [0.29, 0.717) is 11.3 Å². The summed E-state index contributed by atoms with van der Waals surface area (Å²) >= 11 is 1.48. The first kappa shape index (κ1) is 11.5. The summed E-state index contributed by atoms with van der Waals surface area (Å²) in [5.74, 6) is -0.121. The Morgan fingerprint density at radius 1 is 1.60 bits per heavy atom. The van der Waals surface area contributed by atoms with Crippen LogP contribution in [0.3, 0.4) is 0 Å². The molecule has 0 atom stereocenters. The van der Waals surface area contributed by atoms with Crippen molar-refractivity contribution >= 4 is 23.4 Å². The molecule has 2 N–H and O–H groups in total. The number of nitrogens with two attached hydrogens (primary N) is 1. The highest BCUT2D eigenvalue weighted by molar-refractivity contribution is 7.97. The second kappa shape index (κ2) is 4.79. The third kappa shape index (κ3) is 2.69. The Morgan fingerprint density at radius 3 is 2.73 bits per heavy atom. The summed E-state index contributed by atoms with van der Waals surface area (Å²) < 4.78 is 0. The first-order chi connectivity index (χ1) is 7.06. The van der Waals surface area contributed by atoms with E-state index in [2.05, 4.69) is 0 Å². The van der Waals surface area contributed by atoms with Crippen LogP contribution in [0, 0.1) is 10.1 Å². The Bertz CT molecular complexity index is 406. The second-order valence-corrected chi connectivity index (χ2v) is 3.76. The van der Waals surface area contributed by atoms with Crippen LogP contribution in [-0.4, -0.2) is 17.1 Å². The van der Waals surface area contributed by atoms with Crippen LogP contribution in [0.25, 0.3) is 0 Å². The predicted octanol–water partition coefficient (Wildman–Crippen LogP) is 1.56. The Balaban J connectivity index is 3.20. The first-order valence-corrected chi connectivity index (χ1v) is 5.51. The van der Waals surface area contributed by atoms with E-state index in [1.807, 2.05) is 6.26 Å². The molecule has 0 heterocycles. The molecule has 0 spiro atoms. The molecule has 0 saturated carbocycles. The van der Waals surface area contributed by atoms with Crippen LogP contribution < -0.4 is 5.73 Å². The number of carbonyl (C=O) groups excluding carboxylic acids is 1. The fraction of sp³-hybridized carbons (Fsp3) is 0.222. The number of nitro benzene ring substituents is 1. The number of hydrogen-bond acceptors (Lipinski definition) is 4. The van der Waals surface area contributed by atoms with Crippen molar-refractivity contribution in [1.29, 1.82) is 0 Å². The highest BCUT2D eigenvalue weighted by Gasteiger charge is 2.15. The summed E-state index contributed by atoms with van der Waals surface area (Å²) in [6, 6.07) is 4.28. The molecule has 0 radical (unpaired) electrons. The molecule has 15 heavy (non-hydrogen) atoms. The lowest BCUT2D eigenvalue weighted by atomic mass is 10.1. The molecule has 0 aliphatic rings. The first-order valence-electron chi connectivity index (χ1n) is 4.12. The zero-order valence-corrected chi connectivity index (χ0v) is 8.91. The third-order valence-corrected chi connectivity index (χ3v) is 2.47. The molecule has 80 valence electrons. The monoisotopic (exact) mass is 226 g/mol. The molecular formula is C9H10N2O3S. The maximum absolute atomic E-state index is 10.8. The standard InChI is InChI=1S/C9H10N2O3S/c1-15-5-7-3-2-6(9(10)12)4-8(7)11(13)14/h2-4H,5H2,1H3,(H2,10,12). The smallest absolute Gasteiger partial charge is 0.274 e. The fourth-order valence-electron chi connectivity index (χ4n) is 1.16. The lowest BCUT2D eigenvalue weighted by molar-refractivity contribution is -0.385. The topological polar surface area (TPSA) is 86.2 Å². The van der Waals surface area contributed by atoms with Crippen LogP contribution in [0.4, 0.5) is 5.69 Å². The molecule has 1 rings (SSSR count). The summed E-state index contributed by atoms with van der Waals surface area (Å²) in [5, 5.41) is 10.7. The van der Waals surface area contributed by atoms with Gasteiger partial charge in [0.25, 0.3) is 5.69 Å². The van der Waals surface area contributed by atoms with Crippen molar-refractivity contribution in [2.45, 2.75) is 5.75 Å². The summed E-state index contributed by atoms with van der Waals surface area (Å²) in [6.45, 7) is 0. The number of amides is 1. The van der Waals surface area contributed by atoms with E-state index in [9.17, 15) is 14.9 Å². The largest absolute Gasteiger partial charge is 0.366 e. The quantitative estimate of drug-likeness (QED) is 0.623.